The van der Waals surface area contributed by atoms with E-state index in [1.165, 1.54) is 0 Å². The summed E-state index contributed by atoms with van der Waals surface area (Å²) in [6.45, 7) is 2.37. The second kappa shape index (κ2) is 6.85. The zero-order chi connectivity index (χ0) is 7.82. The van der Waals surface area contributed by atoms with Crippen molar-refractivity contribution in [1.29, 1.82) is 0 Å². The summed E-state index contributed by atoms with van der Waals surface area (Å²) in [5.74, 6) is 0. The predicted octanol–water partition coefficient (Wildman–Crippen LogP) is 2.11. The summed E-state index contributed by atoms with van der Waals surface area (Å²) in [6, 6.07) is 0. The molecule has 0 aromatic heterocycles. The van der Waals surface area contributed by atoms with E-state index in [9.17, 15) is 4.79 Å². The van der Waals surface area contributed by atoms with Crippen molar-refractivity contribution >= 4 is 28.7 Å². The van der Waals surface area contributed by atoms with Crippen LogP contribution < -0.4 is 0 Å². The van der Waals surface area contributed by atoms with Gasteiger partial charge >= 0.3 is 6.16 Å². The van der Waals surface area contributed by atoms with Crippen molar-refractivity contribution in [3.8, 4) is 0 Å². The van der Waals surface area contributed by atoms with Crippen molar-refractivity contribution in [2.45, 2.75) is 6.92 Å². The van der Waals surface area contributed by atoms with E-state index < -0.39 is 6.16 Å². The summed E-state index contributed by atoms with van der Waals surface area (Å²) in [7, 11) is 0. The Kier molecular flexibility index (Phi) is 6.68. The van der Waals surface area contributed by atoms with Gasteiger partial charge in [0.15, 0.2) is 0 Å². The van der Waals surface area contributed by atoms with Gasteiger partial charge in [0.1, 0.15) is 6.61 Å². The molecule has 0 aromatic rings. The van der Waals surface area contributed by atoms with E-state index in [2.05, 4.69) is 9.47 Å². The van der Waals surface area contributed by atoms with Crippen LogP contribution in [0.2, 0.25) is 0 Å². The van der Waals surface area contributed by atoms with Gasteiger partial charge in [-0.1, -0.05) is 22.6 Å². The van der Waals surface area contributed by atoms with Gasteiger partial charge in [-0.15, -0.1) is 0 Å². The SMILES string of the molecule is CCOC(=O)OCC=CI. The first-order valence-corrected chi connectivity index (χ1v) is 4.10. The average Bonchev–Trinajstić information content (AvgIpc) is 1.89. The number of carbonyl (C=O) groups excluding carboxylic acids is 1. The monoisotopic (exact) mass is 256 g/mol. The summed E-state index contributed by atoms with van der Waals surface area (Å²) in [5.41, 5.74) is 0. The molecule has 0 heterocycles. The highest BCUT2D eigenvalue weighted by Gasteiger charge is 1.97. The van der Waals surface area contributed by atoms with Gasteiger partial charge < -0.3 is 9.47 Å². The standard InChI is InChI=1S/C6H9IO3/c1-2-9-6(8)10-5-3-4-7/h3-4H,2,5H2,1H3. The molecule has 0 unspecified atom stereocenters. The molecule has 3 nitrogen and oxygen atoms in total. The maximum absolute atomic E-state index is 10.4. The van der Waals surface area contributed by atoms with Crippen LogP contribution in [-0.4, -0.2) is 19.4 Å². The van der Waals surface area contributed by atoms with E-state index in [4.69, 9.17) is 0 Å². The molecule has 0 bridgehead atoms. The van der Waals surface area contributed by atoms with Crippen molar-refractivity contribution in [3.63, 3.8) is 0 Å². The highest BCUT2D eigenvalue weighted by Crippen LogP contribution is 1.88. The summed E-state index contributed by atoms with van der Waals surface area (Å²) >= 11 is 2.04. The summed E-state index contributed by atoms with van der Waals surface area (Å²) < 4.78 is 10.8. The first kappa shape index (κ1) is 9.74. The highest BCUT2D eigenvalue weighted by molar-refractivity contribution is 14.1. The first-order valence-electron chi connectivity index (χ1n) is 2.86. The van der Waals surface area contributed by atoms with Crippen molar-refractivity contribution in [1.82, 2.24) is 0 Å². The van der Waals surface area contributed by atoms with E-state index in [-0.39, 0.29) is 6.61 Å². The number of halogens is 1. The minimum atomic E-state index is -0.614. The van der Waals surface area contributed by atoms with Crippen LogP contribution in [0.4, 0.5) is 4.79 Å². The van der Waals surface area contributed by atoms with E-state index in [0.717, 1.165) is 0 Å². The number of rotatable bonds is 3. The van der Waals surface area contributed by atoms with Gasteiger partial charge in [-0.25, -0.2) is 4.79 Å². The molecule has 0 aromatic carbocycles. The van der Waals surface area contributed by atoms with Gasteiger partial charge in [-0.05, 0) is 17.1 Å². The lowest BCUT2D eigenvalue weighted by molar-refractivity contribution is 0.0674. The second-order valence-electron chi connectivity index (χ2n) is 1.36. The van der Waals surface area contributed by atoms with Gasteiger partial charge in [0.2, 0.25) is 0 Å². The van der Waals surface area contributed by atoms with E-state index in [1.54, 1.807) is 17.1 Å². The largest absolute Gasteiger partial charge is 0.508 e. The van der Waals surface area contributed by atoms with Gasteiger partial charge in [-0.3, -0.25) is 0 Å². The van der Waals surface area contributed by atoms with Gasteiger partial charge in [0.05, 0.1) is 6.61 Å². The number of carbonyl (C=O) groups is 1. The zero-order valence-electron chi connectivity index (χ0n) is 5.67. The Labute approximate surface area is 73.5 Å². The molecule has 0 amide bonds. The van der Waals surface area contributed by atoms with Crippen molar-refractivity contribution in [2.75, 3.05) is 13.2 Å². The van der Waals surface area contributed by atoms with Crippen LogP contribution in [0, 0.1) is 0 Å². The average molecular weight is 256 g/mol. The highest BCUT2D eigenvalue weighted by atomic mass is 127. The molecular weight excluding hydrogens is 247 g/mol. The Hall–Kier alpha value is -0.260. The molecule has 0 N–H and O–H groups in total. The Morgan fingerprint density at radius 1 is 1.60 bits per heavy atom. The number of ether oxygens (including phenoxy) is 2. The smallest absolute Gasteiger partial charge is 0.435 e. The van der Waals surface area contributed by atoms with Crippen LogP contribution in [0.25, 0.3) is 0 Å². The Morgan fingerprint density at radius 2 is 2.30 bits per heavy atom. The zero-order valence-corrected chi connectivity index (χ0v) is 7.83. The quantitative estimate of drug-likeness (QED) is 0.573. The summed E-state index contributed by atoms with van der Waals surface area (Å²) in [6.07, 6.45) is 1.11. The molecule has 0 radical (unpaired) electrons. The molecule has 0 atom stereocenters. The van der Waals surface area contributed by atoms with Crippen LogP contribution in [0.5, 0.6) is 0 Å². The topological polar surface area (TPSA) is 35.5 Å². The van der Waals surface area contributed by atoms with Gasteiger partial charge in [0, 0.05) is 0 Å². The second-order valence-corrected chi connectivity index (χ2v) is 2.07. The maximum Gasteiger partial charge on any atom is 0.508 e. The van der Waals surface area contributed by atoms with Crippen LogP contribution in [-0.2, 0) is 9.47 Å². The molecule has 0 saturated carbocycles. The molecule has 0 fully saturated rings. The van der Waals surface area contributed by atoms with Gasteiger partial charge in [-0.2, -0.15) is 0 Å². The molecule has 58 valence electrons. The summed E-state index contributed by atoms with van der Waals surface area (Å²) in [4.78, 5) is 10.4. The van der Waals surface area contributed by atoms with Crippen molar-refractivity contribution in [3.05, 3.63) is 10.2 Å². The molecule has 10 heavy (non-hydrogen) atoms. The van der Waals surface area contributed by atoms with Crippen molar-refractivity contribution < 1.29 is 14.3 Å². The molecule has 0 aliphatic heterocycles. The fourth-order valence-electron chi connectivity index (χ4n) is 0.312. The van der Waals surface area contributed by atoms with Crippen LogP contribution in [0.1, 0.15) is 6.92 Å². The molecule has 0 saturated heterocycles. The van der Waals surface area contributed by atoms with Crippen LogP contribution >= 0.6 is 22.6 Å². The lowest BCUT2D eigenvalue weighted by Crippen LogP contribution is -2.06. The molecule has 4 heteroatoms. The Morgan fingerprint density at radius 3 is 2.80 bits per heavy atom. The Balaban J connectivity index is 3.21. The van der Waals surface area contributed by atoms with E-state index in [0.29, 0.717) is 6.61 Å². The van der Waals surface area contributed by atoms with Crippen LogP contribution in [0.15, 0.2) is 10.2 Å². The predicted molar refractivity (Wildman–Crippen MR) is 46.1 cm³/mol. The fourth-order valence-corrected chi connectivity index (χ4v) is 0.520. The lowest BCUT2D eigenvalue weighted by atomic mass is 10.7. The first-order chi connectivity index (χ1) is 4.81. The maximum atomic E-state index is 10.4. The fraction of sp³-hybridized carbons (Fsp3) is 0.500. The lowest BCUT2D eigenvalue weighted by Gasteiger charge is -1.99. The molecule has 0 spiro atoms. The summed E-state index contributed by atoms with van der Waals surface area (Å²) in [5, 5.41) is 0. The molecule has 0 aliphatic carbocycles. The van der Waals surface area contributed by atoms with Gasteiger partial charge in [0.25, 0.3) is 0 Å². The molecular formula is C6H9IO3. The normalized spacial score (nSPS) is 9.80. The third-order valence-corrected chi connectivity index (χ3v) is 1.16. The Bertz CT molecular complexity index is 122. The third kappa shape index (κ3) is 5.87. The molecule has 0 aliphatic rings. The van der Waals surface area contributed by atoms with E-state index >= 15 is 0 Å². The molecule has 0 rings (SSSR count). The van der Waals surface area contributed by atoms with Crippen molar-refractivity contribution in [2.24, 2.45) is 0 Å². The van der Waals surface area contributed by atoms with E-state index in [1.807, 2.05) is 22.6 Å². The third-order valence-electron chi connectivity index (χ3n) is 0.649. The number of hydrogen-bond donors (Lipinski definition) is 0. The number of hydrogen-bond acceptors (Lipinski definition) is 3. The minimum absolute atomic E-state index is 0.280. The minimum Gasteiger partial charge on any atom is -0.435 e. The van der Waals surface area contributed by atoms with Crippen LogP contribution in [0.3, 0.4) is 0 Å².